The van der Waals surface area contributed by atoms with Gasteiger partial charge in [0.05, 0.1) is 20.3 Å². The molecule has 4 aliphatic rings. The van der Waals surface area contributed by atoms with Crippen molar-refractivity contribution in [3.05, 3.63) is 42.4 Å². The zero-order valence-corrected chi connectivity index (χ0v) is 33.3. The van der Waals surface area contributed by atoms with E-state index in [0.29, 0.717) is 30.0 Å². The van der Waals surface area contributed by atoms with Crippen LogP contribution in [0.2, 0.25) is 0 Å². The molecule has 6 rings (SSSR count). The first kappa shape index (κ1) is 41.1. The Morgan fingerprint density at radius 3 is 2.55 bits per heavy atom. The lowest BCUT2D eigenvalue weighted by Crippen LogP contribution is -2.59. The van der Waals surface area contributed by atoms with Crippen molar-refractivity contribution < 1.29 is 50.6 Å². The maximum absolute atomic E-state index is 14.9. The number of pyridine rings is 1. The van der Waals surface area contributed by atoms with E-state index >= 15 is 0 Å². The molecule has 1 aromatic carbocycles. The average molecular weight is 804 g/mol. The largest absolute Gasteiger partial charge is 0.494 e. The van der Waals surface area contributed by atoms with Crippen LogP contribution in [-0.4, -0.2) is 91.1 Å². The lowest BCUT2D eigenvalue weighted by Gasteiger charge is -2.33. The second-order valence-corrected chi connectivity index (χ2v) is 18.9. The Morgan fingerprint density at radius 1 is 1.14 bits per heavy atom. The number of nitrogens with zero attached hydrogens (tertiary/aromatic N) is 2. The van der Waals surface area contributed by atoms with E-state index in [-0.39, 0.29) is 61.8 Å². The van der Waals surface area contributed by atoms with Gasteiger partial charge in [0, 0.05) is 36.8 Å². The summed E-state index contributed by atoms with van der Waals surface area (Å²) in [5, 5.41) is 3.82. The summed E-state index contributed by atoms with van der Waals surface area (Å²) < 4.78 is 74.0. The van der Waals surface area contributed by atoms with E-state index in [1.807, 2.05) is 45.4 Å². The summed E-state index contributed by atoms with van der Waals surface area (Å²) in [4.78, 5) is 61.7. The van der Waals surface area contributed by atoms with Gasteiger partial charge in [0.2, 0.25) is 22.7 Å². The molecule has 2 aliphatic heterocycles. The molecule has 3 heterocycles. The van der Waals surface area contributed by atoms with E-state index in [1.165, 1.54) is 30.3 Å². The highest BCUT2D eigenvalue weighted by Gasteiger charge is 2.64. The number of rotatable bonds is 8. The molecule has 0 unspecified atom stereocenters. The number of carbonyl (C=O) groups excluding carboxylic acids is 4. The molecule has 0 radical (unpaired) electrons. The monoisotopic (exact) mass is 803 g/mol. The number of alkyl halides is 1. The van der Waals surface area contributed by atoms with Crippen molar-refractivity contribution in [3.8, 4) is 11.6 Å². The number of aromatic nitrogens is 1. The third-order valence-corrected chi connectivity index (χ3v) is 12.8. The van der Waals surface area contributed by atoms with E-state index in [1.54, 1.807) is 12.1 Å². The number of carbonyl (C=O) groups is 4. The lowest BCUT2D eigenvalue weighted by molar-refractivity contribution is -0.142. The van der Waals surface area contributed by atoms with Gasteiger partial charge in [0.1, 0.15) is 23.7 Å². The van der Waals surface area contributed by atoms with Gasteiger partial charge in [-0.2, -0.15) is 0 Å². The predicted molar refractivity (Wildman–Crippen MR) is 201 cm³/mol. The van der Waals surface area contributed by atoms with Crippen LogP contribution in [0.4, 0.5) is 13.6 Å². The zero-order valence-electron chi connectivity index (χ0n) is 32.5. The second-order valence-electron chi connectivity index (χ2n) is 17.0. The van der Waals surface area contributed by atoms with Gasteiger partial charge in [-0.1, -0.05) is 46.8 Å². The molecule has 4 amide bonds. The smallest absolute Gasteiger partial charge is 0.407 e. The van der Waals surface area contributed by atoms with E-state index in [4.69, 9.17) is 14.2 Å². The summed E-state index contributed by atoms with van der Waals surface area (Å²) in [6.45, 7) is 9.47. The Labute approximate surface area is 325 Å². The van der Waals surface area contributed by atoms with Crippen LogP contribution < -0.4 is 24.8 Å². The Kier molecular flexibility index (Phi) is 11.3. The predicted octanol–water partition coefficient (Wildman–Crippen LogP) is 4.66. The quantitative estimate of drug-likeness (QED) is 0.318. The molecule has 2 aromatic rings. The fraction of sp³-hybridized carbons (Fsp3) is 0.615. The lowest BCUT2D eigenvalue weighted by atomic mass is 9.88. The first-order valence-corrected chi connectivity index (χ1v) is 20.5. The topological polar surface area (TPSA) is 182 Å². The Balaban J connectivity index is 1.34. The molecule has 1 aromatic heterocycles. The van der Waals surface area contributed by atoms with Crippen molar-refractivity contribution >= 4 is 44.6 Å². The summed E-state index contributed by atoms with van der Waals surface area (Å²) in [6.07, 6.45) is 4.66. The fourth-order valence-corrected chi connectivity index (χ4v) is 8.74. The Bertz CT molecular complexity index is 2020. The van der Waals surface area contributed by atoms with E-state index < -0.39 is 80.2 Å². The van der Waals surface area contributed by atoms with E-state index in [9.17, 15) is 36.4 Å². The standard InChI is InChI=1S/C39H51F2N5O9S/c1-22-9-7-8-10-25-19-39(25,35(49)45-56(51,52)38(41)12-13-38)44-32(47)29-17-26(55-33-27-18-28(40)30(53-6)16-24(27)11-14-42-33)20-46(29)34(48)31(23(2)15-22)43-36(50)54-21-37(3,4)5/h8,10-11,14,16,18,22-23,25-26,29,31H,7,9,12-13,15,17,19-21H2,1-6H3,(H,43,50)(H,44,47)(H,45,49)/b10-8-/t22-,23-,25-,26-,29+,31+,39-/m1/s1. The minimum atomic E-state index is -4.69. The number of hydrogen-bond acceptors (Lipinski definition) is 10. The molecule has 3 N–H and O–H groups in total. The molecular weight excluding hydrogens is 753 g/mol. The fourth-order valence-electron chi connectivity index (χ4n) is 7.49. The van der Waals surface area contributed by atoms with Crippen molar-refractivity contribution in [2.24, 2.45) is 23.2 Å². The van der Waals surface area contributed by atoms with Gasteiger partial charge in [-0.3, -0.25) is 14.4 Å². The van der Waals surface area contributed by atoms with Crippen molar-refractivity contribution in [3.63, 3.8) is 0 Å². The number of fused-ring (bicyclic) bond motifs is 3. The minimum absolute atomic E-state index is 0.0181. The molecular formula is C39H51F2N5O9S. The van der Waals surface area contributed by atoms with E-state index in [0.717, 1.165) is 0 Å². The average Bonchev–Trinajstić information content (AvgIpc) is 4.00. The van der Waals surface area contributed by atoms with Gasteiger partial charge in [0.25, 0.3) is 15.9 Å². The summed E-state index contributed by atoms with van der Waals surface area (Å²) in [5.74, 6) is -3.97. The van der Waals surface area contributed by atoms with Crippen LogP contribution in [0, 0.1) is 29.0 Å². The number of nitrogens with one attached hydrogen (secondary N) is 3. The molecule has 306 valence electrons. The number of amides is 4. The van der Waals surface area contributed by atoms with Gasteiger partial charge in [-0.25, -0.2) is 31.7 Å². The third-order valence-electron chi connectivity index (χ3n) is 11.0. The number of methoxy groups -OCH3 is 1. The summed E-state index contributed by atoms with van der Waals surface area (Å²) in [6, 6.07) is 1.95. The van der Waals surface area contributed by atoms with Crippen LogP contribution in [-0.2, 0) is 29.1 Å². The highest BCUT2D eigenvalue weighted by atomic mass is 32.2. The third kappa shape index (κ3) is 8.71. The highest BCUT2D eigenvalue weighted by Crippen LogP contribution is 2.48. The first-order chi connectivity index (χ1) is 26.3. The molecule has 3 fully saturated rings. The molecule has 1 saturated heterocycles. The molecule has 17 heteroatoms. The van der Waals surface area contributed by atoms with Gasteiger partial charge < -0.3 is 29.7 Å². The molecule has 0 spiro atoms. The molecule has 2 aliphatic carbocycles. The number of sulfonamides is 1. The number of halogens is 2. The molecule has 56 heavy (non-hydrogen) atoms. The van der Waals surface area contributed by atoms with Crippen LogP contribution in [0.5, 0.6) is 11.6 Å². The van der Waals surface area contributed by atoms with Crippen molar-refractivity contribution in [2.45, 2.75) is 108 Å². The molecule has 2 saturated carbocycles. The van der Waals surface area contributed by atoms with Crippen LogP contribution in [0.3, 0.4) is 0 Å². The number of ether oxygens (including phenoxy) is 3. The van der Waals surface area contributed by atoms with Crippen LogP contribution in [0.1, 0.15) is 79.6 Å². The number of hydrogen-bond donors (Lipinski definition) is 3. The van der Waals surface area contributed by atoms with Crippen LogP contribution in [0.25, 0.3) is 10.8 Å². The number of allylic oxidation sites excluding steroid dienone is 1. The second kappa shape index (κ2) is 15.4. The van der Waals surface area contributed by atoms with Gasteiger partial charge >= 0.3 is 6.09 Å². The maximum atomic E-state index is 14.9. The van der Waals surface area contributed by atoms with Crippen molar-refractivity contribution in [1.29, 1.82) is 0 Å². The van der Waals surface area contributed by atoms with Crippen molar-refractivity contribution in [1.82, 2.24) is 25.2 Å². The number of alkyl carbamates (subject to hydrolysis) is 1. The Hall–Kier alpha value is -4.54. The van der Waals surface area contributed by atoms with Crippen molar-refractivity contribution in [2.75, 3.05) is 20.3 Å². The summed E-state index contributed by atoms with van der Waals surface area (Å²) >= 11 is 0. The van der Waals surface area contributed by atoms with Gasteiger partial charge in [-0.05, 0) is 66.5 Å². The summed E-state index contributed by atoms with van der Waals surface area (Å²) in [7, 11) is -3.35. The van der Waals surface area contributed by atoms with Crippen LogP contribution in [0.15, 0.2) is 36.5 Å². The zero-order chi connectivity index (χ0) is 40.8. The summed E-state index contributed by atoms with van der Waals surface area (Å²) in [5.41, 5.74) is -2.09. The van der Waals surface area contributed by atoms with Gasteiger partial charge in [0.15, 0.2) is 11.6 Å². The maximum Gasteiger partial charge on any atom is 0.407 e. The van der Waals surface area contributed by atoms with Crippen LogP contribution >= 0.6 is 0 Å². The first-order valence-electron chi connectivity index (χ1n) is 19.0. The van der Waals surface area contributed by atoms with Gasteiger partial charge in [-0.15, -0.1) is 0 Å². The Morgan fingerprint density at radius 2 is 1.88 bits per heavy atom. The van der Waals surface area contributed by atoms with E-state index in [2.05, 4.69) is 15.6 Å². The highest BCUT2D eigenvalue weighted by molar-refractivity contribution is 7.91. The molecule has 7 atom stereocenters. The minimum Gasteiger partial charge on any atom is -0.494 e. The molecule has 14 nitrogen and oxygen atoms in total. The SMILES string of the molecule is COc1cc2ccnc(O[C@@H]3C[C@H]4C(=O)N[C@]5(C(=O)NS(=O)(=O)C6(F)CC6)C[C@H]5/C=C\CC[C@@H](C)C[C@@H](C)[C@H](NC(=O)OCC(C)(C)C)C(=O)N4C3)c2cc1F. The molecule has 0 bridgehead atoms. The number of benzene rings is 1. The normalized spacial score (nSPS) is 29.8.